The first-order valence-electron chi connectivity index (χ1n) is 7.99. The predicted molar refractivity (Wildman–Crippen MR) is 92.4 cm³/mol. The minimum absolute atomic E-state index is 0.00441. The third kappa shape index (κ3) is 3.89. The second-order valence-electron chi connectivity index (χ2n) is 6.11. The summed E-state index contributed by atoms with van der Waals surface area (Å²) in [7, 11) is 0. The highest BCUT2D eigenvalue weighted by Crippen LogP contribution is 2.47. The van der Waals surface area contributed by atoms with E-state index in [1.165, 1.54) is 24.3 Å². The summed E-state index contributed by atoms with van der Waals surface area (Å²) in [6.45, 7) is -1.04. The Labute approximate surface area is 161 Å². The number of benzene rings is 2. The number of anilines is 1. The van der Waals surface area contributed by atoms with Crippen molar-refractivity contribution in [3.05, 3.63) is 64.4 Å². The van der Waals surface area contributed by atoms with E-state index in [0.717, 1.165) is 18.2 Å². The van der Waals surface area contributed by atoms with Gasteiger partial charge in [0.2, 0.25) is 5.91 Å². The molecule has 3 rings (SSSR count). The summed E-state index contributed by atoms with van der Waals surface area (Å²) in [5.41, 5.74) is -3.24. The highest BCUT2D eigenvalue weighted by Gasteiger charge is 2.62. The molecular formula is C18H13ClF4N2O3. The first-order chi connectivity index (χ1) is 13.1. The Morgan fingerprint density at radius 2 is 1.86 bits per heavy atom. The number of alkyl halides is 3. The first kappa shape index (κ1) is 19.9. The molecule has 0 spiro atoms. The summed E-state index contributed by atoms with van der Waals surface area (Å²) < 4.78 is 59.4. The molecule has 1 aliphatic heterocycles. The van der Waals surface area contributed by atoms with Gasteiger partial charge in [0.1, 0.15) is 5.82 Å². The monoisotopic (exact) mass is 416 g/mol. The number of cyclic esters (lactones) is 1. The van der Waals surface area contributed by atoms with E-state index in [-0.39, 0.29) is 17.1 Å². The van der Waals surface area contributed by atoms with Crippen LogP contribution in [0.15, 0.2) is 42.5 Å². The summed E-state index contributed by atoms with van der Waals surface area (Å²) in [4.78, 5) is 23.8. The van der Waals surface area contributed by atoms with E-state index in [2.05, 4.69) is 15.4 Å². The van der Waals surface area contributed by atoms with Gasteiger partial charge >= 0.3 is 12.3 Å². The first-order valence-corrected chi connectivity index (χ1v) is 8.36. The van der Waals surface area contributed by atoms with Crippen molar-refractivity contribution < 1.29 is 31.9 Å². The van der Waals surface area contributed by atoms with Crippen LogP contribution in [0, 0.1) is 5.82 Å². The van der Waals surface area contributed by atoms with E-state index in [0.29, 0.717) is 5.56 Å². The minimum Gasteiger partial charge on any atom is -0.426 e. The Bertz CT molecular complexity index is 918. The average molecular weight is 417 g/mol. The van der Waals surface area contributed by atoms with Crippen LogP contribution in [0.25, 0.3) is 0 Å². The maximum Gasteiger partial charge on any atom is 0.434 e. The molecule has 0 saturated heterocycles. The lowest BCUT2D eigenvalue weighted by Gasteiger charge is -2.39. The maximum atomic E-state index is 14.0. The third-order valence-corrected chi connectivity index (χ3v) is 4.43. The van der Waals surface area contributed by atoms with Gasteiger partial charge in [0, 0.05) is 10.6 Å². The van der Waals surface area contributed by atoms with E-state index >= 15 is 0 Å². The van der Waals surface area contributed by atoms with E-state index in [4.69, 9.17) is 11.6 Å². The van der Waals surface area contributed by atoms with Crippen molar-refractivity contribution in [1.29, 1.82) is 0 Å². The Kier molecular flexibility index (Phi) is 5.20. The van der Waals surface area contributed by atoms with Gasteiger partial charge in [-0.15, -0.1) is 0 Å². The highest BCUT2D eigenvalue weighted by molar-refractivity contribution is 6.30. The van der Waals surface area contributed by atoms with E-state index in [1.54, 1.807) is 0 Å². The number of carbonyl (C=O) groups is 2. The van der Waals surface area contributed by atoms with Crippen molar-refractivity contribution in [3.8, 4) is 0 Å². The zero-order valence-corrected chi connectivity index (χ0v) is 14.8. The Morgan fingerprint density at radius 1 is 1.18 bits per heavy atom. The molecule has 10 heteroatoms. The van der Waals surface area contributed by atoms with Crippen LogP contribution < -0.4 is 10.6 Å². The number of nitrogens with one attached hydrogen (secondary N) is 2. The molecule has 0 bridgehead atoms. The predicted octanol–water partition coefficient (Wildman–Crippen LogP) is 4.16. The second kappa shape index (κ2) is 7.31. The van der Waals surface area contributed by atoms with Gasteiger partial charge < -0.3 is 10.1 Å². The lowest BCUT2D eigenvalue weighted by molar-refractivity contribution is -0.262. The zero-order chi connectivity index (χ0) is 20.5. The quantitative estimate of drug-likeness (QED) is 0.735. The van der Waals surface area contributed by atoms with Gasteiger partial charge in [0.15, 0.2) is 0 Å². The van der Waals surface area contributed by atoms with Crippen LogP contribution in [0.5, 0.6) is 0 Å². The second-order valence-corrected chi connectivity index (χ2v) is 6.55. The molecule has 0 fully saturated rings. The topological polar surface area (TPSA) is 67.4 Å². The van der Waals surface area contributed by atoms with Gasteiger partial charge in [0.25, 0.3) is 5.60 Å². The van der Waals surface area contributed by atoms with Crippen molar-refractivity contribution in [2.45, 2.75) is 18.2 Å². The standard InChI is InChI=1S/C18H13ClF4N2O3/c19-11-3-6-14-13(8-11)17(18(21,22)23,28-16(27)25-14)9-24-15(26)7-10-1-4-12(20)5-2-10/h1-6,8H,7,9H2,(H,24,26)(H,25,27). The van der Waals surface area contributed by atoms with Crippen LogP contribution >= 0.6 is 11.6 Å². The molecule has 2 aromatic rings. The van der Waals surface area contributed by atoms with E-state index in [1.807, 2.05) is 0 Å². The molecule has 0 aromatic heterocycles. The molecule has 0 saturated carbocycles. The number of ether oxygens (including phenoxy) is 1. The number of hydrogen-bond acceptors (Lipinski definition) is 3. The average Bonchev–Trinajstić information content (AvgIpc) is 2.61. The smallest absolute Gasteiger partial charge is 0.426 e. The molecule has 1 heterocycles. The van der Waals surface area contributed by atoms with Crippen molar-refractivity contribution in [3.63, 3.8) is 0 Å². The van der Waals surface area contributed by atoms with Gasteiger partial charge in [-0.05, 0) is 35.9 Å². The van der Waals surface area contributed by atoms with E-state index in [9.17, 15) is 27.2 Å². The molecule has 2 N–H and O–H groups in total. The summed E-state index contributed by atoms with van der Waals surface area (Å²) >= 11 is 5.82. The van der Waals surface area contributed by atoms with Crippen molar-refractivity contribution in [1.82, 2.24) is 5.32 Å². The molecule has 2 aromatic carbocycles. The molecule has 0 aliphatic carbocycles. The zero-order valence-electron chi connectivity index (χ0n) is 14.1. The summed E-state index contributed by atoms with van der Waals surface area (Å²) in [6.07, 6.45) is -6.61. The fourth-order valence-corrected chi connectivity index (χ4v) is 3.00. The molecule has 1 aliphatic rings. The van der Waals surface area contributed by atoms with Crippen LogP contribution in [-0.2, 0) is 21.6 Å². The number of rotatable bonds is 4. The number of carbonyl (C=O) groups excluding carboxylic acids is 2. The van der Waals surface area contributed by atoms with Gasteiger partial charge in [-0.1, -0.05) is 23.7 Å². The van der Waals surface area contributed by atoms with Gasteiger partial charge in [0.05, 0.1) is 18.7 Å². The molecule has 5 nitrogen and oxygen atoms in total. The molecule has 1 unspecified atom stereocenters. The molecule has 2 amide bonds. The van der Waals surface area contributed by atoms with Crippen LogP contribution in [0.2, 0.25) is 5.02 Å². The lowest BCUT2D eigenvalue weighted by atomic mass is 9.89. The number of hydrogen-bond donors (Lipinski definition) is 2. The molecular weight excluding hydrogens is 404 g/mol. The third-order valence-electron chi connectivity index (χ3n) is 4.19. The normalized spacial score (nSPS) is 18.7. The molecule has 148 valence electrons. The van der Waals surface area contributed by atoms with Gasteiger partial charge in [-0.3, -0.25) is 10.1 Å². The SMILES string of the molecule is O=C(Cc1ccc(F)cc1)NCC1(C(F)(F)F)OC(=O)Nc2ccc(Cl)cc21. The Morgan fingerprint density at radius 3 is 2.50 bits per heavy atom. The Hall–Kier alpha value is -2.81. The number of fused-ring (bicyclic) bond motifs is 1. The minimum atomic E-state index is -5.03. The fraction of sp³-hybridized carbons (Fsp3) is 0.222. The van der Waals surface area contributed by atoms with Crippen molar-refractivity contribution in [2.24, 2.45) is 0 Å². The van der Waals surface area contributed by atoms with E-state index < -0.39 is 41.7 Å². The lowest BCUT2D eigenvalue weighted by Crippen LogP contribution is -2.56. The van der Waals surface area contributed by atoms with Crippen LogP contribution in [0.1, 0.15) is 11.1 Å². The van der Waals surface area contributed by atoms with Gasteiger partial charge in [-0.25, -0.2) is 9.18 Å². The van der Waals surface area contributed by atoms with Crippen molar-refractivity contribution in [2.75, 3.05) is 11.9 Å². The van der Waals surface area contributed by atoms with Crippen molar-refractivity contribution >= 4 is 29.3 Å². The van der Waals surface area contributed by atoms with Crippen LogP contribution in [0.4, 0.5) is 28.0 Å². The summed E-state index contributed by atoms with van der Waals surface area (Å²) in [6, 6.07) is 8.51. The molecule has 0 radical (unpaired) electrons. The largest absolute Gasteiger partial charge is 0.434 e. The van der Waals surface area contributed by atoms with Crippen LogP contribution in [-0.4, -0.2) is 24.7 Å². The molecule has 28 heavy (non-hydrogen) atoms. The number of halogens is 5. The Balaban J connectivity index is 1.87. The number of amides is 2. The van der Waals surface area contributed by atoms with Gasteiger partial charge in [-0.2, -0.15) is 13.2 Å². The van der Waals surface area contributed by atoms with Crippen LogP contribution in [0.3, 0.4) is 0 Å². The summed E-state index contributed by atoms with van der Waals surface area (Å²) in [5.74, 6) is -1.26. The maximum absolute atomic E-state index is 14.0. The highest BCUT2D eigenvalue weighted by atomic mass is 35.5. The summed E-state index contributed by atoms with van der Waals surface area (Å²) in [5, 5.41) is 4.33. The molecule has 1 atom stereocenters. The fourth-order valence-electron chi connectivity index (χ4n) is 2.82.